The first-order valence-electron chi connectivity index (χ1n) is 8.79. The van der Waals surface area contributed by atoms with Crippen LogP contribution in [0.1, 0.15) is 44.7 Å². The maximum absolute atomic E-state index is 12.6. The minimum absolute atomic E-state index is 0.0718. The van der Waals surface area contributed by atoms with Crippen LogP contribution in [0.4, 0.5) is 0 Å². The van der Waals surface area contributed by atoms with Gasteiger partial charge in [-0.05, 0) is 56.1 Å². The molecule has 0 bridgehead atoms. The van der Waals surface area contributed by atoms with Crippen LogP contribution in [0.15, 0.2) is 47.6 Å². The standard InChI is InChI=1S/C21H27NO3/c1-5-6-11-25-21(16(3)12-19(23)13-17(21)4)22-20(24)14-18-9-7-15(2)8-10-18/h7-10,12-13H,5-6,11,14H2,1-4H3,(H,22,24). The van der Waals surface area contributed by atoms with Crippen molar-refractivity contribution in [2.24, 2.45) is 0 Å². The van der Waals surface area contributed by atoms with E-state index in [1.165, 1.54) is 12.2 Å². The van der Waals surface area contributed by atoms with Gasteiger partial charge in [-0.3, -0.25) is 9.59 Å². The van der Waals surface area contributed by atoms with Gasteiger partial charge in [0, 0.05) is 0 Å². The third-order valence-electron chi connectivity index (χ3n) is 4.45. The predicted octanol–water partition coefficient (Wildman–Crippen LogP) is 3.64. The van der Waals surface area contributed by atoms with Crippen molar-refractivity contribution in [3.05, 3.63) is 58.7 Å². The van der Waals surface area contributed by atoms with Crippen molar-refractivity contribution >= 4 is 11.7 Å². The second-order valence-corrected chi connectivity index (χ2v) is 6.65. The molecule has 0 aliphatic heterocycles. The summed E-state index contributed by atoms with van der Waals surface area (Å²) in [5.41, 5.74) is 2.51. The summed E-state index contributed by atoms with van der Waals surface area (Å²) in [4.78, 5) is 24.4. The number of nitrogens with one attached hydrogen (secondary N) is 1. The zero-order valence-electron chi connectivity index (χ0n) is 15.5. The Morgan fingerprint density at radius 1 is 1.08 bits per heavy atom. The van der Waals surface area contributed by atoms with Gasteiger partial charge in [0.25, 0.3) is 0 Å². The van der Waals surface area contributed by atoms with Gasteiger partial charge >= 0.3 is 0 Å². The molecular weight excluding hydrogens is 314 g/mol. The first-order valence-corrected chi connectivity index (χ1v) is 8.79. The van der Waals surface area contributed by atoms with E-state index >= 15 is 0 Å². The highest BCUT2D eigenvalue weighted by Gasteiger charge is 2.39. The molecule has 0 radical (unpaired) electrons. The third kappa shape index (κ3) is 4.67. The lowest BCUT2D eigenvalue weighted by Gasteiger charge is -2.38. The molecule has 1 aliphatic rings. The van der Waals surface area contributed by atoms with Crippen LogP contribution in [0.2, 0.25) is 0 Å². The maximum atomic E-state index is 12.6. The number of ether oxygens (including phenoxy) is 1. The van der Waals surface area contributed by atoms with Gasteiger partial charge in [-0.15, -0.1) is 0 Å². The van der Waals surface area contributed by atoms with Crippen molar-refractivity contribution in [3.63, 3.8) is 0 Å². The molecule has 0 aromatic heterocycles. The highest BCUT2D eigenvalue weighted by molar-refractivity contribution is 6.02. The van der Waals surface area contributed by atoms with Crippen molar-refractivity contribution in [2.45, 2.75) is 52.7 Å². The predicted molar refractivity (Wildman–Crippen MR) is 99.1 cm³/mol. The summed E-state index contributed by atoms with van der Waals surface area (Å²) in [6.07, 6.45) is 5.23. The second kappa shape index (κ2) is 8.26. The van der Waals surface area contributed by atoms with Gasteiger partial charge in [0.15, 0.2) is 11.5 Å². The van der Waals surface area contributed by atoms with Crippen molar-refractivity contribution in [3.8, 4) is 0 Å². The summed E-state index contributed by atoms with van der Waals surface area (Å²) in [7, 11) is 0. The lowest BCUT2D eigenvalue weighted by atomic mass is 9.89. The molecule has 0 atom stereocenters. The Morgan fingerprint density at radius 3 is 2.24 bits per heavy atom. The summed E-state index contributed by atoms with van der Waals surface area (Å²) in [6, 6.07) is 7.89. The molecule has 2 rings (SSSR count). The number of aryl methyl sites for hydroxylation is 1. The Morgan fingerprint density at radius 2 is 1.68 bits per heavy atom. The van der Waals surface area contributed by atoms with Gasteiger partial charge in [0.2, 0.25) is 5.91 Å². The van der Waals surface area contributed by atoms with Crippen LogP contribution in [-0.2, 0) is 20.7 Å². The van der Waals surface area contributed by atoms with E-state index in [2.05, 4.69) is 12.2 Å². The second-order valence-electron chi connectivity index (χ2n) is 6.65. The molecule has 1 aliphatic carbocycles. The van der Waals surface area contributed by atoms with Crippen LogP contribution in [-0.4, -0.2) is 24.0 Å². The van der Waals surface area contributed by atoms with Crippen molar-refractivity contribution in [1.29, 1.82) is 0 Å². The van der Waals surface area contributed by atoms with E-state index in [0.717, 1.165) is 24.0 Å². The zero-order chi connectivity index (χ0) is 18.4. The normalized spacial score (nSPS) is 16.2. The number of rotatable bonds is 7. The minimum Gasteiger partial charge on any atom is -0.348 e. The number of hydrogen-bond donors (Lipinski definition) is 1. The molecule has 0 saturated carbocycles. The third-order valence-corrected chi connectivity index (χ3v) is 4.45. The lowest BCUT2D eigenvalue weighted by Crippen LogP contribution is -2.54. The summed E-state index contributed by atoms with van der Waals surface area (Å²) in [5, 5.41) is 3.02. The molecule has 1 aromatic carbocycles. The van der Waals surface area contributed by atoms with Gasteiger partial charge in [-0.2, -0.15) is 0 Å². The Balaban J connectivity index is 2.19. The molecular formula is C21H27NO3. The number of unbranched alkanes of at least 4 members (excludes halogenated alkanes) is 1. The summed E-state index contributed by atoms with van der Waals surface area (Å²) < 4.78 is 6.09. The Labute approximate surface area is 150 Å². The molecule has 0 spiro atoms. The smallest absolute Gasteiger partial charge is 0.227 e. The first-order chi connectivity index (χ1) is 11.9. The fourth-order valence-electron chi connectivity index (χ4n) is 2.95. The van der Waals surface area contributed by atoms with E-state index in [4.69, 9.17) is 4.74 Å². The molecule has 0 unspecified atom stereocenters. The number of benzene rings is 1. The van der Waals surface area contributed by atoms with E-state index < -0.39 is 5.72 Å². The monoisotopic (exact) mass is 341 g/mol. The van der Waals surface area contributed by atoms with E-state index in [0.29, 0.717) is 17.8 Å². The molecule has 4 nitrogen and oxygen atoms in total. The van der Waals surface area contributed by atoms with Crippen molar-refractivity contribution in [1.82, 2.24) is 5.32 Å². The number of ketones is 1. The first kappa shape index (κ1) is 19.1. The molecule has 4 heteroatoms. The van der Waals surface area contributed by atoms with Gasteiger partial charge in [-0.1, -0.05) is 43.2 Å². The molecule has 0 saturated heterocycles. The molecule has 0 heterocycles. The van der Waals surface area contributed by atoms with Crippen LogP contribution in [0.3, 0.4) is 0 Å². The summed E-state index contributed by atoms with van der Waals surface area (Å²) in [6.45, 7) is 8.27. The maximum Gasteiger partial charge on any atom is 0.227 e. The summed E-state index contributed by atoms with van der Waals surface area (Å²) >= 11 is 0. The van der Waals surface area contributed by atoms with Crippen molar-refractivity contribution in [2.75, 3.05) is 6.61 Å². The summed E-state index contributed by atoms with van der Waals surface area (Å²) in [5.74, 6) is -0.201. The van der Waals surface area contributed by atoms with E-state index in [1.807, 2.05) is 45.0 Å². The molecule has 0 fully saturated rings. The quantitative estimate of drug-likeness (QED) is 0.608. The lowest BCUT2D eigenvalue weighted by molar-refractivity contribution is -0.128. The van der Waals surface area contributed by atoms with Crippen molar-refractivity contribution < 1.29 is 14.3 Å². The average molecular weight is 341 g/mol. The highest BCUT2D eigenvalue weighted by atomic mass is 16.5. The van der Waals surface area contributed by atoms with Gasteiger partial charge in [0.1, 0.15) is 0 Å². The number of carbonyl (C=O) groups excluding carboxylic acids is 2. The van der Waals surface area contributed by atoms with Gasteiger partial charge < -0.3 is 10.1 Å². The average Bonchev–Trinajstić information content (AvgIpc) is 2.54. The highest BCUT2D eigenvalue weighted by Crippen LogP contribution is 2.31. The van der Waals surface area contributed by atoms with E-state index in [9.17, 15) is 9.59 Å². The van der Waals surface area contributed by atoms with Crippen LogP contribution in [0.5, 0.6) is 0 Å². The zero-order valence-corrected chi connectivity index (χ0v) is 15.5. The van der Waals surface area contributed by atoms with E-state index in [1.54, 1.807) is 0 Å². The number of hydrogen-bond acceptors (Lipinski definition) is 3. The Kier molecular flexibility index (Phi) is 6.32. The Bertz CT molecular complexity index is 676. The van der Waals surface area contributed by atoms with Gasteiger partial charge in [-0.25, -0.2) is 0 Å². The SMILES string of the molecule is CCCCOC1(NC(=O)Cc2ccc(C)cc2)C(C)=CC(=O)C=C1C. The number of carbonyl (C=O) groups is 2. The number of amides is 1. The molecule has 134 valence electrons. The fraction of sp³-hybridized carbons (Fsp3) is 0.429. The minimum atomic E-state index is -1.02. The molecule has 1 N–H and O–H groups in total. The molecule has 25 heavy (non-hydrogen) atoms. The van der Waals surface area contributed by atoms with Crippen LogP contribution in [0.25, 0.3) is 0 Å². The van der Waals surface area contributed by atoms with E-state index in [-0.39, 0.29) is 18.1 Å². The number of allylic oxidation sites excluding steroid dienone is 2. The van der Waals surface area contributed by atoms with Gasteiger partial charge in [0.05, 0.1) is 13.0 Å². The Hall–Kier alpha value is -2.20. The van der Waals surface area contributed by atoms with Crippen LogP contribution >= 0.6 is 0 Å². The molecule has 1 aromatic rings. The molecule has 1 amide bonds. The van der Waals surface area contributed by atoms with Crippen LogP contribution in [0, 0.1) is 6.92 Å². The van der Waals surface area contributed by atoms with Crippen LogP contribution < -0.4 is 5.32 Å². The topological polar surface area (TPSA) is 55.4 Å². The fourth-order valence-corrected chi connectivity index (χ4v) is 2.95. The largest absolute Gasteiger partial charge is 0.348 e.